The molecule has 0 bridgehead atoms. The molecule has 0 saturated carbocycles. The predicted octanol–water partition coefficient (Wildman–Crippen LogP) is 1.33. The summed E-state index contributed by atoms with van der Waals surface area (Å²) < 4.78 is 25.2. The summed E-state index contributed by atoms with van der Waals surface area (Å²) in [5, 5.41) is 0.578. The Morgan fingerprint density at radius 2 is 1.83 bits per heavy atom. The third-order valence-electron chi connectivity index (χ3n) is 3.65. The van der Waals surface area contributed by atoms with Gasteiger partial charge in [0.25, 0.3) is 0 Å². The van der Waals surface area contributed by atoms with E-state index in [1.807, 2.05) is 6.07 Å². The fourth-order valence-electron chi connectivity index (χ4n) is 2.69. The summed E-state index contributed by atoms with van der Waals surface area (Å²) in [4.78, 5) is 16.5. The zero-order chi connectivity index (χ0) is 16.9. The van der Waals surface area contributed by atoms with Gasteiger partial charge in [-0.05, 0) is 24.3 Å². The van der Waals surface area contributed by atoms with Crippen molar-refractivity contribution in [2.24, 2.45) is 0 Å². The van der Waals surface area contributed by atoms with Gasteiger partial charge in [0.1, 0.15) is 5.65 Å². The topological polar surface area (TPSA) is 116 Å². The minimum absolute atomic E-state index is 0.224. The standard InChI is InChI=1S/C15H12N6O2S/c1-24(22,23)15-19-7-4-10(20-15)12-9-3-2-6-17-13(9)21-11(12)5-8-18-14(21)16/h2-8H,1H3,(H2,16,18). The van der Waals surface area contributed by atoms with E-state index in [1.165, 1.54) is 6.20 Å². The van der Waals surface area contributed by atoms with Crippen LogP contribution in [0.4, 0.5) is 5.95 Å². The molecular weight excluding hydrogens is 328 g/mol. The zero-order valence-electron chi connectivity index (χ0n) is 12.6. The largest absolute Gasteiger partial charge is 0.369 e. The van der Waals surface area contributed by atoms with E-state index in [9.17, 15) is 8.42 Å². The fourth-order valence-corrected chi connectivity index (χ4v) is 3.21. The van der Waals surface area contributed by atoms with Gasteiger partial charge in [-0.25, -0.2) is 28.4 Å². The van der Waals surface area contributed by atoms with Crippen molar-refractivity contribution < 1.29 is 8.42 Å². The van der Waals surface area contributed by atoms with Gasteiger partial charge in [-0.2, -0.15) is 0 Å². The Labute approximate surface area is 136 Å². The third-order valence-corrected chi connectivity index (χ3v) is 4.51. The van der Waals surface area contributed by atoms with Gasteiger partial charge < -0.3 is 5.73 Å². The Morgan fingerprint density at radius 1 is 1.04 bits per heavy atom. The second-order valence-corrected chi connectivity index (χ2v) is 7.18. The average molecular weight is 340 g/mol. The molecule has 4 rings (SSSR count). The molecule has 0 unspecified atom stereocenters. The Kier molecular flexibility index (Phi) is 3.00. The molecule has 120 valence electrons. The lowest BCUT2D eigenvalue weighted by molar-refractivity contribution is 0.593. The average Bonchev–Trinajstić information content (AvgIpc) is 2.90. The zero-order valence-corrected chi connectivity index (χ0v) is 13.4. The molecule has 8 nitrogen and oxygen atoms in total. The number of sulfone groups is 1. The number of aromatic nitrogens is 5. The van der Waals surface area contributed by atoms with Gasteiger partial charge in [-0.1, -0.05) is 0 Å². The van der Waals surface area contributed by atoms with Crippen molar-refractivity contribution in [1.82, 2.24) is 24.3 Å². The van der Waals surface area contributed by atoms with Crippen LogP contribution < -0.4 is 5.73 Å². The van der Waals surface area contributed by atoms with Gasteiger partial charge in [-0.3, -0.25) is 4.40 Å². The lowest BCUT2D eigenvalue weighted by atomic mass is 10.1. The molecule has 0 saturated heterocycles. The van der Waals surface area contributed by atoms with Crippen LogP contribution in [0.5, 0.6) is 0 Å². The molecule has 4 heterocycles. The van der Waals surface area contributed by atoms with Gasteiger partial charge in [0.2, 0.25) is 20.9 Å². The Bertz CT molecular complexity index is 1200. The van der Waals surface area contributed by atoms with Gasteiger partial charge in [-0.15, -0.1) is 0 Å². The first-order valence-corrected chi connectivity index (χ1v) is 8.89. The van der Waals surface area contributed by atoms with Crippen LogP contribution in [0.3, 0.4) is 0 Å². The highest BCUT2D eigenvalue weighted by Gasteiger charge is 2.19. The van der Waals surface area contributed by atoms with Crippen LogP contribution in [-0.2, 0) is 9.84 Å². The van der Waals surface area contributed by atoms with Crippen molar-refractivity contribution in [3.05, 3.63) is 42.9 Å². The van der Waals surface area contributed by atoms with Gasteiger partial charge in [0, 0.05) is 35.8 Å². The van der Waals surface area contributed by atoms with Crippen molar-refractivity contribution >= 4 is 32.3 Å². The molecule has 0 amide bonds. The highest BCUT2D eigenvalue weighted by molar-refractivity contribution is 7.90. The van der Waals surface area contributed by atoms with E-state index < -0.39 is 9.84 Å². The molecule has 0 spiro atoms. The smallest absolute Gasteiger partial charge is 0.247 e. The van der Waals surface area contributed by atoms with E-state index in [4.69, 9.17) is 5.73 Å². The summed E-state index contributed by atoms with van der Waals surface area (Å²) in [6.07, 6.45) is 5.75. The number of anilines is 1. The van der Waals surface area contributed by atoms with Crippen molar-refractivity contribution in [3.63, 3.8) is 0 Å². The van der Waals surface area contributed by atoms with Crippen molar-refractivity contribution in [1.29, 1.82) is 0 Å². The molecule has 0 atom stereocenters. The SMILES string of the molecule is CS(=O)(=O)c1nccc(-c2c3cccnc3n3c(N)nccc23)n1. The van der Waals surface area contributed by atoms with Crippen LogP contribution in [0, 0.1) is 0 Å². The number of nitrogens with zero attached hydrogens (tertiary/aromatic N) is 5. The predicted molar refractivity (Wildman–Crippen MR) is 89.0 cm³/mol. The summed E-state index contributed by atoms with van der Waals surface area (Å²) in [5.74, 6) is 0.292. The lowest BCUT2D eigenvalue weighted by Gasteiger charge is -2.03. The number of rotatable bonds is 2. The Morgan fingerprint density at radius 3 is 2.62 bits per heavy atom. The molecule has 0 aromatic carbocycles. The molecule has 0 radical (unpaired) electrons. The Hall–Kier alpha value is -3.07. The highest BCUT2D eigenvalue weighted by Crippen LogP contribution is 2.34. The molecule has 4 aromatic heterocycles. The summed E-state index contributed by atoms with van der Waals surface area (Å²) in [7, 11) is -3.51. The molecule has 0 aliphatic heterocycles. The van der Waals surface area contributed by atoms with Gasteiger partial charge in [0.15, 0.2) is 0 Å². The fraction of sp³-hybridized carbons (Fsp3) is 0.0667. The maximum absolute atomic E-state index is 11.8. The third kappa shape index (κ3) is 2.09. The summed E-state index contributed by atoms with van der Waals surface area (Å²) in [6, 6.07) is 7.13. The van der Waals surface area contributed by atoms with Crippen LogP contribution >= 0.6 is 0 Å². The van der Waals surface area contributed by atoms with Crippen molar-refractivity contribution in [2.45, 2.75) is 5.16 Å². The van der Waals surface area contributed by atoms with Crippen LogP contribution in [0.1, 0.15) is 0 Å². The molecule has 2 N–H and O–H groups in total. The molecule has 24 heavy (non-hydrogen) atoms. The number of hydrogen-bond acceptors (Lipinski definition) is 7. The van der Waals surface area contributed by atoms with E-state index in [2.05, 4.69) is 19.9 Å². The minimum Gasteiger partial charge on any atom is -0.369 e. The number of fused-ring (bicyclic) bond motifs is 3. The van der Waals surface area contributed by atoms with Gasteiger partial charge >= 0.3 is 0 Å². The normalized spacial score (nSPS) is 12.0. The van der Waals surface area contributed by atoms with E-state index in [0.717, 1.165) is 22.7 Å². The summed E-state index contributed by atoms with van der Waals surface area (Å²) in [5.41, 5.74) is 8.59. The first-order chi connectivity index (χ1) is 11.5. The van der Waals surface area contributed by atoms with E-state index in [1.54, 1.807) is 35.0 Å². The lowest BCUT2D eigenvalue weighted by Crippen LogP contribution is -2.04. The molecule has 4 aromatic rings. The Balaban J connectivity index is 2.16. The van der Waals surface area contributed by atoms with E-state index >= 15 is 0 Å². The number of nitrogen functional groups attached to an aromatic ring is 1. The van der Waals surface area contributed by atoms with Gasteiger partial charge in [0.05, 0.1) is 11.2 Å². The van der Waals surface area contributed by atoms with Crippen LogP contribution in [-0.4, -0.2) is 39.0 Å². The molecule has 0 aliphatic carbocycles. The van der Waals surface area contributed by atoms with E-state index in [-0.39, 0.29) is 5.16 Å². The minimum atomic E-state index is -3.51. The highest BCUT2D eigenvalue weighted by atomic mass is 32.2. The second-order valence-electron chi connectivity index (χ2n) is 5.27. The summed E-state index contributed by atoms with van der Waals surface area (Å²) >= 11 is 0. The summed E-state index contributed by atoms with van der Waals surface area (Å²) in [6.45, 7) is 0. The molecule has 0 aliphatic rings. The van der Waals surface area contributed by atoms with Crippen LogP contribution in [0.25, 0.3) is 27.8 Å². The second kappa shape index (κ2) is 4.96. The quantitative estimate of drug-likeness (QED) is 0.547. The molecular formula is C15H12N6O2S. The molecule has 9 heteroatoms. The molecule has 0 fully saturated rings. The number of nitrogens with two attached hydrogens (primary N) is 1. The maximum atomic E-state index is 11.8. The van der Waals surface area contributed by atoms with Crippen molar-refractivity contribution in [2.75, 3.05) is 12.0 Å². The number of hydrogen-bond donors (Lipinski definition) is 1. The maximum Gasteiger partial charge on any atom is 0.247 e. The first kappa shape index (κ1) is 14.5. The van der Waals surface area contributed by atoms with E-state index in [0.29, 0.717) is 17.3 Å². The number of pyridine rings is 1. The van der Waals surface area contributed by atoms with Crippen molar-refractivity contribution in [3.8, 4) is 11.3 Å². The first-order valence-electron chi connectivity index (χ1n) is 7.00. The van der Waals surface area contributed by atoms with Crippen LogP contribution in [0.15, 0.2) is 48.0 Å². The monoisotopic (exact) mass is 340 g/mol. The van der Waals surface area contributed by atoms with Crippen LogP contribution in [0.2, 0.25) is 0 Å².